The lowest BCUT2D eigenvalue weighted by molar-refractivity contribution is 0.0628. The molecule has 2 rings (SSSR count). The van der Waals surface area contributed by atoms with Crippen molar-refractivity contribution in [1.82, 2.24) is 4.31 Å². The van der Waals surface area contributed by atoms with E-state index < -0.39 is 32.8 Å². The number of aromatic carboxylic acids is 1. The summed E-state index contributed by atoms with van der Waals surface area (Å²) in [5.74, 6) is -2.58. The van der Waals surface area contributed by atoms with Crippen LogP contribution in [0.1, 0.15) is 23.7 Å². The van der Waals surface area contributed by atoms with Crippen LogP contribution in [0.25, 0.3) is 0 Å². The first-order valence-electron chi connectivity index (χ1n) is 6.44. The molecule has 1 aliphatic heterocycles. The van der Waals surface area contributed by atoms with Crippen LogP contribution < -0.4 is 0 Å². The molecule has 0 radical (unpaired) electrons. The van der Waals surface area contributed by atoms with E-state index in [1.807, 2.05) is 0 Å². The minimum atomic E-state index is -4.12. The third kappa shape index (κ3) is 3.07. The molecular weight excluding hydrogens is 301 g/mol. The number of hydrogen-bond donors (Lipinski definition) is 2. The Balaban J connectivity index is 2.40. The Morgan fingerprint density at radius 1 is 1.43 bits per heavy atom. The molecule has 1 saturated heterocycles. The van der Waals surface area contributed by atoms with Crippen molar-refractivity contribution in [2.24, 2.45) is 5.92 Å². The Bertz CT molecular complexity index is 661. The van der Waals surface area contributed by atoms with E-state index in [1.165, 1.54) is 0 Å². The highest BCUT2D eigenvalue weighted by Gasteiger charge is 2.34. The van der Waals surface area contributed by atoms with Crippen LogP contribution in [0.3, 0.4) is 0 Å². The van der Waals surface area contributed by atoms with E-state index >= 15 is 0 Å². The Kier molecular flexibility index (Phi) is 4.31. The molecule has 0 bridgehead atoms. The van der Waals surface area contributed by atoms with Crippen LogP contribution in [0, 0.1) is 11.7 Å². The molecule has 2 N–H and O–H groups in total. The van der Waals surface area contributed by atoms with E-state index in [0.29, 0.717) is 0 Å². The number of carboxylic acid groups (broad SMARTS) is 1. The van der Waals surface area contributed by atoms with Crippen LogP contribution in [0.5, 0.6) is 0 Å². The molecule has 0 saturated carbocycles. The van der Waals surface area contributed by atoms with Gasteiger partial charge in [0.2, 0.25) is 10.0 Å². The van der Waals surface area contributed by atoms with Crippen LogP contribution in [-0.2, 0) is 10.0 Å². The Morgan fingerprint density at radius 2 is 2.10 bits per heavy atom. The van der Waals surface area contributed by atoms with Gasteiger partial charge < -0.3 is 10.2 Å². The number of carboxylic acids is 1. The van der Waals surface area contributed by atoms with Crippen LogP contribution in [-0.4, -0.2) is 48.1 Å². The largest absolute Gasteiger partial charge is 0.478 e. The number of aliphatic hydroxyl groups is 1. The smallest absolute Gasteiger partial charge is 0.335 e. The number of rotatable bonds is 3. The lowest BCUT2D eigenvalue weighted by atomic mass is 9.99. The summed E-state index contributed by atoms with van der Waals surface area (Å²) in [5, 5.41) is 18.5. The molecule has 1 heterocycles. The van der Waals surface area contributed by atoms with Gasteiger partial charge in [-0.2, -0.15) is 4.31 Å². The van der Waals surface area contributed by atoms with Crippen molar-refractivity contribution in [3.05, 3.63) is 29.6 Å². The lowest BCUT2D eigenvalue weighted by Gasteiger charge is -2.33. The fourth-order valence-corrected chi connectivity index (χ4v) is 3.93. The van der Waals surface area contributed by atoms with Gasteiger partial charge in [-0.1, -0.05) is 6.92 Å². The van der Waals surface area contributed by atoms with Crippen LogP contribution in [0.2, 0.25) is 0 Å². The summed E-state index contributed by atoms with van der Waals surface area (Å²) in [7, 11) is -4.12. The molecule has 2 unspecified atom stereocenters. The van der Waals surface area contributed by atoms with Crippen LogP contribution in [0.15, 0.2) is 23.1 Å². The van der Waals surface area contributed by atoms with Gasteiger partial charge in [-0.05, 0) is 30.5 Å². The molecule has 21 heavy (non-hydrogen) atoms. The van der Waals surface area contributed by atoms with Crippen molar-refractivity contribution >= 4 is 16.0 Å². The Hall–Kier alpha value is -1.51. The Morgan fingerprint density at radius 3 is 2.67 bits per heavy atom. The average molecular weight is 317 g/mol. The quantitative estimate of drug-likeness (QED) is 0.864. The monoisotopic (exact) mass is 317 g/mol. The number of piperidine rings is 1. The van der Waals surface area contributed by atoms with Crippen molar-refractivity contribution in [3.63, 3.8) is 0 Å². The van der Waals surface area contributed by atoms with Gasteiger partial charge in [-0.3, -0.25) is 0 Å². The van der Waals surface area contributed by atoms with Crippen molar-refractivity contribution in [2.45, 2.75) is 24.3 Å². The molecular formula is C13H16FNO5S. The highest BCUT2D eigenvalue weighted by Crippen LogP contribution is 2.26. The number of carbonyl (C=O) groups is 1. The molecule has 1 aromatic rings. The molecule has 6 nitrogen and oxygen atoms in total. The first kappa shape index (κ1) is 15.9. The molecule has 0 aliphatic carbocycles. The second kappa shape index (κ2) is 5.70. The minimum Gasteiger partial charge on any atom is -0.478 e. The zero-order valence-corrected chi connectivity index (χ0v) is 12.2. The second-order valence-corrected chi connectivity index (χ2v) is 7.05. The number of nitrogens with zero attached hydrogens (tertiary/aromatic N) is 1. The predicted molar refractivity (Wildman–Crippen MR) is 71.9 cm³/mol. The molecule has 116 valence electrons. The minimum absolute atomic E-state index is 0.0697. The highest BCUT2D eigenvalue weighted by atomic mass is 32.2. The summed E-state index contributed by atoms with van der Waals surface area (Å²) in [5.41, 5.74) is -0.292. The van der Waals surface area contributed by atoms with Crippen molar-refractivity contribution in [3.8, 4) is 0 Å². The topological polar surface area (TPSA) is 94.9 Å². The summed E-state index contributed by atoms with van der Waals surface area (Å²) in [6.45, 7) is 1.85. The van der Waals surface area contributed by atoms with Gasteiger partial charge in [0.25, 0.3) is 0 Å². The number of benzene rings is 1. The number of hydrogen-bond acceptors (Lipinski definition) is 4. The lowest BCUT2D eigenvalue weighted by Crippen LogP contribution is -2.45. The highest BCUT2D eigenvalue weighted by molar-refractivity contribution is 7.89. The van der Waals surface area contributed by atoms with E-state index in [2.05, 4.69) is 0 Å². The number of aliphatic hydroxyl groups excluding tert-OH is 1. The van der Waals surface area contributed by atoms with Crippen molar-refractivity contribution < 1.29 is 27.8 Å². The summed E-state index contributed by atoms with van der Waals surface area (Å²) in [6.07, 6.45) is -0.327. The third-order valence-corrected chi connectivity index (χ3v) is 5.50. The standard InChI is InChI=1S/C13H16FNO5S/c1-8-7-15(5-4-11(8)16)21(19,20)12-6-9(13(17)18)2-3-10(12)14/h2-3,6,8,11,16H,4-5,7H2,1H3,(H,17,18). The summed E-state index contributed by atoms with van der Waals surface area (Å²) < 4.78 is 39.8. The molecule has 0 spiro atoms. The zero-order valence-electron chi connectivity index (χ0n) is 11.4. The SMILES string of the molecule is CC1CN(S(=O)(=O)c2cc(C(=O)O)ccc2F)CCC1O. The fraction of sp³-hybridized carbons (Fsp3) is 0.462. The molecule has 1 fully saturated rings. The number of halogens is 1. The van der Waals surface area contributed by atoms with E-state index in [0.717, 1.165) is 22.5 Å². The van der Waals surface area contributed by atoms with Crippen molar-refractivity contribution in [2.75, 3.05) is 13.1 Å². The Labute approximate surface area is 121 Å². The maximum absolute atomic E-state index is 13.8. The van der Waals surface area contributed by atoms with Gasteiger partial charge in [0.05, 0.1) is 11.7 Å². The van der Waals surface area contributed by atoms with Gasteiger partial charge in [0, 0.05) is 13.1 Å². The maximum atomic E-state index is 13.8. The predicted octanol–water partition coefficient (Wildman–Crippen LogP) is 0.915. The third-order valence-electron chi connectivity index (χ3n) is 3.62. The van der Waals surface area contributed by atoms with Gasteiger partial charge in [0.1, 0.15) is 10.7 Å². The molecule has 1 aliphatic rings. The number of sulfonamides is 1. The van der Waals surface area contributed by atoms with Crippen molar-refractivity contribution in [1.29, 1.82) is 0 Å². The van der Waals surface area contributed by atoms with Gasteiger partial charge >= 0.3 is 5.97 Å². The summed E-state index contributed by atoms with van der Waals surface area (Å²) in [4.78, 5) is 10.3. The normalized spacial score (nSPS) is 24.0. The molecule has 8 heteroatoms. The van der Waals surface area contributed by atoms with E-state index in [1.54, 1.807) is 6.92 Å². The first-order valence-corrected chi connectivity index (χ1v) is 7.88. The van der Waals surface area contributed by atoms with E-state index in [-0.39, 0.29) is 31.0 Å². The van der Waals surface area contributed by atoms with E-state index in [4.69, 9.17) is 5.11 Å². The molecule has 0 aromatic heterocycles. The van der Waals surface area contributed by atoms with Gasteiger partial charge in [-0.15, -0.1) is 0 Å². The second-order valence-electron chi connectivity index (χ2n) is 5.15. The fourth-order valence-electron chi connectivity index (χ4n) is 2.29. The van der Waals surface area contributed by atoms with Gasteiger partial charge in [0.15, 0.2) is 0 Å². The van der Waals surface area contributed by atoms with Crippen LogP contribution >= 0.6 is 0 Å². The summed E-state index contributed by atoms with van der Waals surface area (Å²) in [6, 6.07) is 2.67. The maximum Gasteiger partial charge on any atom is 0.335 e. The average Bonchev–Trinajstić information content (AvgIpc) is 2.41. The first-order chi connectivity index (χ1) is 9.73. The van der Waals surface area contributed by atoms with Crippen LogP contribution in [0.4, 0.5) is 4.39 Å². The zero-order chi connectivity index (χ0) is 15.8. The summed E-state index contributed by atoms with van der Waals surface area (Å²) >= 11 is 0. The van der Waals surface area contributed by atoms with E-state index in [9.17, 15) is 22.7 Å². The molecule has 1 aromatic carbocycles. The molecule has 0 amide bonds. The van der Waals surface area contributed by atoms with Gasteiger partial charge in [-0.25, -0.2) is 17.6 Å². The molecule has 2 atom stereocenters.